The van der Waals surface area contributed by atoms with E-state index < -0.39 is 5.91 Å². The van der Waals surface area contributed by atoms with E-state index >= 15 is 0 Å². The van der Waals surface area contributed by atoms with Crippen LogP contribution < -0.4 is 16.5 Å². The first-order valence-electron chi connectivity index (χ1n) is 6.75. The van der Waals surface area contributed by atoms with Crippen LogP contribution in [-0.4, -0.2) is 12.5 Å². The van der Waals surface area contributed by atoms with Crippen LogP contribution in [0.15, 0.2) is 53.8 Å². The Balaban J connectivity index is 2.24. The van der Waals surface area contributed by atoms with Crippen LogP contribution in [0.25, 0.3) is 20.2 Å². The van der Waals surface area contributed by atoms with Crippen LogP contribution in [0.2, 0.25) is 0 Å². The summed E-state index contributed by atoms with van der Waals surface area (Å²) in [5.74, 6) is -0.495. The van der Waals surface area contributed by atoms with Crippen LogP contribution in [0.4, 0.5) is 5.69 Å². The van der Waals surface area contributed by atoms with Gasteiger partial charge in [0.15, 0.2) is 5.43 Å². The number of rotatable bonds is 4. The van der Waals surface area contributed by atoms with Crippen LogP contribution in [0.3, 0.4) is 0 Å². The smallest absolute Gasteiger partial charge is 0.248 e. The highest BCUT2D eigenvalue weighted by Crippen LogP contribution is 2.27. The van der Waals surface area contributed by atoms with Gasteiger partial charge in [0.2, 0.25) is 5.91 Å². The molecular weight excluding hydrogens is 296 g/mol. The van der Waals surface area contributed by atoms with Crippen LogP contribution in [0, 0.1) is 0 Å². The van der Waals surface area contributed by atoms with Gasteiger partial charge in [0.05, 0.1) is 0 Å². The summed E-state index contributed by atoms with van der Waals surface area (Å²) in [5, 5.41) is 4.44. The predicted octanol–water partition coefficient (Wildman–Crippen LogP) is 3.11. The third-order valence-electron chi connectivity index (χ3n) is 3.41. The normalized spacial score (nSPS) is 10.7. The Bertz CT molecular complexity index is 960. The van der Waals surface area contributed by atoms with Gasteiger partial charge in [-0.3, -0.25) is 9.59 Å². The summed E-state index contributed by atoms with van der Waals surface area (Å²) >= 11 is 1.47. The van der Waals surface area contributed by atoms with E-state index in [1.807, 2.05) is 18.2 Å². The molecule has 3 aromatic rings. The predicted molar refractivity (Wildman–Crippen MR) is 92.8 cm³/mol. The van der Waals surface area contributed by atoms with Gasteiger partial charge in [-0.15, -0.1) is 17.9 Å². The summed E-state index contributed by atoms with van der Waals surface area (Å²) in [4.78, 5) is 23.9. The molecule has 1 aromatic heterocycles. The molecule has 0 spiro atoms. The maximum atomic E-state index is 12.6. The van der Waals surface area contributed by atoms with E-state index in [1.54, 1.807) is 24.3 Å². The average Bonchev–Trinajstić information content (AvgIpc) is 2.52. The van der Waals surface area contributed by atoms with Crippen molar-refractivity contribution in [3.05, 3.63) is 64.8 Å². The van der Waals surface area contributed by atoms with Crippen molar-refractivity contribution in [2.45, 2.75) is 0 Å². The fourth-order valence-corrected chi connectivity index (χ4v) is 3.40. The molecular formula is C17H14N2O2S. The minimum Gasteiger partial charge on any atom is -0.382 e. The molecule has 0 radical (unpaired) electrons. The summed E-state index contributed by atoms with van der Waals surface area (Å²) in [5.41, 5.74) is 6.54. The molecule has 0 aliphatic heterocycles. The van der Waals surface area contributed by atoms with Gasteiger partial charge in [-0.1, -0.05) is 6.08 Å². The fourth-order valence-electron chi connectivity index (χ4n) is 2.31. The number of primary amides is 1. The van der Waals surface area contributed by atoms with Crippen LogP contribution >= 0.6 is 11.3 Å². The number of anilines is 1. The summed E-state index contributed by atoms with van der Waals surface area (Å²) in [6, 6.07) is 10.6. The Labute approximate surface area is 130 Å². The minimum atomic E-state index is -0.495. The molecule has 0 unspecified atom stereocenters. The number of amides is 1. The number of nitrogens with one attached hydrogen (secondary N) is 1. The van der Waals surface area contributed by atoms with Gasteiger partial charge in [-0.25, -0.2) is 0 Å². The first kappa shape index (κ1) is 14.3. The van der Waals surface area contributed by atoms with E-state index in [1.165, 1.54) is 11.3 Å². The maximum Gasteiger partial charge on any atom is 0.248 e. The second-order valence-electron chi connectivity index (χ2n) is 4.89. The molecule has 0 saturated carbocycles. The van der Waals surface area contributed by atoms with Gasteiger partial charge in [-0.2, -0.15) is 0 Å². The number of benzene rings is 2. The molecule has 110 valence electrons. The van der Waals surface area contributed by atoms with Gasteiger partial charge in [0.25, 0.3) is 0 Å². The zero-order valence-corrected chi connectivity index (χ0v) is 12.6. The van der Waals surface area contributed by atoms with Gasteiger partial charge < -0.3 is 11.1 Å². The molecule has 1 heterocycles. The summed E-state index contributed by atoms with van der Waals surface area (Å²) in [6.07, 6.45) is 1.76. The second kappa shape index (κ2) is 5.61. The molecule has 22 heavy (non-hydrogen) atoms. The quantitative estimate of drug-likeness (QED) is 0.574. The van der Waals surface area contributed by atoms with Crippen LogP contribution in [0.1, 0.15) is 10.4 Å². The van der Waals surface area contributed by atoms with Crippen molar-refractivity contribution >= 4 is 43.1 Å². The third-order valence-corrected chi connectivity index (χ3v) is 4.54. The van der Waals surface area contributed by atoms with Crippen LogP contribution in [0.5, 0.6) is 0 Å². The van der Waals surface area contributed by atoms with Crippen molar-refractivity contribution in [1.29, 1.82) is 0 Å². The summed E-state index contributed by atoms with van der Waals surface area (Å²) in [7, 11) is 0. The van der Waals surface area contributed by atoms with Crippen molar-refractivity contribution in [1.82, 2.24) is 0 Å². The highest BCUT2D eigenvalue weighted by atomic mass is 32.1. The molecule has 5 heteroatoms. The number of carbonyl (C=O) groups is 1. The van der Waals surface area contributed by atoms with Crippen LogP contribution in [-0.2, 0) is 0 Å². The van der Waals surface area contributed by atoms with Gasteiger partial charge >= 0.3 is 0 Å². The van der Waals surface area contributed by atoms with Crippen molar-refractivity contribution < 1.29 is 4.79 Å². The maximum absolute atomic E-state index is 12.6. The Kier molecular flexibility index (Phi) is 3.65. The van der Waals surface area contributed by atoms with Gasteiger partial charge in [-0.05, 0) is 36.4 Å². The Morgan fingerprint density at radius 1 is 1.18 bits per heavy atom. The number of fused-ring (bicyclic) bond motifs is 2. The molecule has 0 saturated heterocycles. The number of hydrogen-bond donors (Lipinski definition) is 2. The zero-order valence-electron chi connectivity index (χ0n) is 11.8. The average molecular weight is 310 g/mol. The molecule has 0 bridgehead atoms. The molecule has 0 aliphatic rings. The van der Waals surface area contributed by atoms with E-state index in [0.29, 0.717) is 22.9 Å². The van der Waals surface area contributed by atoms with E-state index in [0.717, 1.165) is 15.1 Å². The summed E-state index contributed by atoms with van der Waals surface area (Å²) < 4.78 is 1.64. The van der Waals surface area contributed by atoms with E-state index in [2.05, 4.69) is 11.9 Å². The lowest BCUT2D eigenvalue weighted by Gasteiger charge is -2.06. The largest absolute Gasteiger partial charge is 0.382 e. The molecule has 1 amide bonds. The molecule has 0 atom stereocenters. The fraction of sp³-hybridized carbons (Fsp3) is 0.0588. The second-order valence-corrected chi connectivity index (χ2v) is 5.97. The molecule has 0 aliphatic carbocycles. The van der Waals surface area contributed by atoms with Crippen molar-refractivity contribution in [2.24, 2.45) is 5.73 Å². The molecule has 0 fully saturated rings. The highest BCUT2D eigenvalue weighted by molar-refractivity contribution is 7.24. The SMILES string of the molecule is C=CCNc1ccc2sc3cc(C(N)=O)ccc3c(=O)c2c1. The van der Waals surface area contributed by atoms with Crippen molar-refractivity contribution in [3.8, 4) is 0 Å². The lowest BCUT2D eigenvalue weighted by atomic mass is 10.1. The van der Waals surface area contributed by atoms with Gasteiger partial charge in [0, 0.05) is 38.0 Å². The van der Waals surface area contributed by atoms with Gasteiger partial charge in [0.1, 0.15) is 0 Å². The minimum absolute atomic E-state index is 0.0398. The number of hydrogen-bond acceptors (Lipinski definition) is 4. The topological polar surface area (TPSA) is 72.2 Å². The summed E-state index contributed by atoms with van der Waals surface area (Å²) in [6.45, 7) is 4.30. The Morgan fingerprint density at radius 3 is 2.73 bits per heavy atom. The monoisotopic (exact) mass is 310 g/mol. The molecule has 3 rings (SSSR count). The standard InChI is InChI=1S/C17H14N2O2S/c1-2-7-19-11-4-6-14-13(9-11)16(20)12-5-3-10(17(18)21)8-15(12)22-14/h2-6,8-9,19H,1,7H2,(H2,18,21). The molecule has 2 aromatic carbocycles. The van der Waals surface area contributed by atoms with E-state index in [4.69, 9.17) is 5.73 Å². The Morgan fingerprint density at radius 2 is 2.00 bits per heavy atom. The van der Waals surface area contributed by atoms with E-state index in [9.17, 15) is 9.59 Å². The number of carbonyl (C=O) groups excluding carboxylic acids is 1. The van der Waals surface area contributed by atoms with E-state index in [-0.39, 0.29) is 5.43 Å². The first-order chi connectivity index (χ1) is 10.6. The zero-order chi connectivity index (χ0) is 15.7. The van der Waals surface area contributed by atoms with Crippen molar-refractivity contribution in [2.75, 3.05) is 11.9 Å². The van der Waals surface area contributed by atoms with Crippen molar-refractivity contribution in [3.63, 3.8) is 0 Å². The molecule has 4 nitrogen and oxygen atoms in total. The third kappa shape index (κ3) is 2.46. The lowest BCUT2D eigenvalue weighted by Crippen LogP contribution is -2.11. The Hall–Kier alpha value is -2.66. The number of nitrogens with two attached hydrogens (primary N) is 1. The first-order valence-corrected chi connectivity index (χ1v) is 7.57. The molecule has 3 N–H and O–H groups in total. The lowest BCUT2D eigenvalue weighted by molar-refractivity contribution is 0.100. The highest BCUT2D eigenvalue weighted by Gasteiger charge is 2.09.